The molecule has 1 saturated heterocycles. The predicted octanol–water partition coefficient (Wildman–Crippen LogP) is 1.47. The Kier molecular flexibility index (Phi) is 6.26. The quantitative estimate of drug-likeness (QED) is 0.834. The van der Waals surface area contributed by atoms with E-state index in [4.69, 9.17) is 0 Å². The van der Waals surface area contributed by atoms with Gasteiger partial charge in [0.25, 0.3) is 0 Å². The van der Waals surface area contributed by atoms with Crippen molar-refractivity contribution in [3.8, 4) is 0 Å². The van der Waals surface area contributed by atoms with Gasteiger partial charge in [-0.3, -0.25) is 9.69 Å². The number of rotatable bonds is 5. The lowest BCUT2D eigenvalue weighted by molar-refractivity contribution is -0.139. The number of piperazine rings is 1. The highest BCUT2D eigenvalue weighted by molar-refractivity contribution is 5.81. The molecule has 20 heavy (non-hydrogen) atoms. The van der Waals surface area contributed by atoms with Crippen molar-refractivity contribution in [1.29, 1.82) is 0 Å². The normalized spacial score (nSPS) is 20.1. The van der Waals surface area contributed by atoms with Crippen molar-refractivity contribution in [2.24, 2.45) is 0 Å². The molecule has 0 radical (unpaired) electrons. The highest BCUT2D eigenvalue weighted by Gasteiger charge is 2.30. The van der Waals surface area contributed by atoms with Gasteiger partial charge in [-0.25, -0.2) is 0 Å². The minimum absolute atomic E-state index is 0.0243. The Morgan fingerprint density at radius 1 is 1.15 bits per heavy atom. The molecule has 118 valence electrons. The summed E-state index contributed by atoms with van der Waals surface area (Å²) in [4.78, 5) is 15.7. The summed E-state index contributed by atoms with van der Waals surface area (Å²) in [5.74, 6) is -0.0243. The minimum atomic E-state index is -4.10. The van der Waals surface area contributed by atoms with E-state index in [1.54, 1.807) is 4.90 Å². The van der Waals surface area contributed by atoms with E-state index in [1.165, 1.54) is 0 Å². The van der Waals surface area contributed by atoms with E-state index < -0.39 is 12.6 Å². The summed E-state index contributed by atoms with van der Waals surface area (Å²) in [6.07, 6.45) is -4.86. The highest BCUT2D eigenvalue weighted by Crippen LogP contribution is 2.20. The Morgan fingerprint density at radius 2 is 1.70 bits per heavy atom. The van der Waals surface area contributed by atoms with Crippen LogP contribution in [0.5, 0.6) is 0 Å². The van der Waals surface area contributed by atoms with Gasteiger partial charge >= 0.3 is 6.18 Å². The van der Waals surface area contributed by atoms with Crippen molar-refractivity contribution >= 4 is 5.91 Å². The molecule has 0 bridgehead atoms. The molecule has 1 N–H and O–H groups in total. The molecule has 1 atom stereocenters. The summed E-state index contributed by atoms with van der Waals surface area (Å²) >= 11 is 0. The van der Waals surface area contributed by atoms with Crippen molar-refractivity contribution in [3.05, 3.63) is 0 Å². The molecule has 0 spiro atoms. The van der Waals surface area contributed by atoms with Crippen LogP contribution in [0.25, 0.3) is 0 Å². The number of alkyl halides is 3. The fourth-order valence-electron chi connectivity index (χ4n) is 2.23. The third-order valence-corrected chi connectivity index (χ3v) is 3.48. The number of halogens is 3. The molecule has 0 saturated carbocycles. The molecular formula is C13H24F3N3O. The van der Waals surface area contributed by atoms with Crippen LogP contribution in [-0.2, 0) is 4.79 Å². The number of hydrogen-bond acceptors (Lipinski definition) is 3. The molecule has 1 rings (SSSR count). The summed E-state index contributed by atoms with van der Waals surface area (Å²) in [6, 6.07) is -0.139. The van der Waals surface area contributed by atoms with E-state index in [1.807, 2.05) is 25.7 Å². The number of nitrogens with one attached hydrogen (secondary N) is 1. The SMILES string of the molecule is CC(C)NC(=O)C(C)N1CCN(CCC(F)(F)F)CC1. The lowest BCUT2D eigenvalue weighted by Gasteiger charge is -2.37. The van der Waals surface area contributed by atoms with E-state index in [0.717, 1.165) is 0 Å². The van der Waals surface area contributed by atoms with E-state index in [2.05, 4.69) is 5.32 Å². The van der Waals surface area contributed by atoms with E-state index in [0.29, 0.717) is 26.2 Å². The van der Waals surface area contributed by atoms with Gasteiger partial charge in [0.15, 0.2) is 0 Å². The number of nitrogens with zero attached hydrogens (tertiary/aromatic N) is 2. The van der Waals surface area contributed by atoms with Crippen LogP contribution in [0.3, 0.4) is 0 Å². The van der Waals surface area contributed by atoms with Crippen LogP contribution in [0.15, 0.2) is 0 Å². The second kappa shape index (κ2) is 7.26. The molecule has 0 aliphatic carbocycles. The van der Waals surface area contributed by atoms with Gasteiger partial charge in [0.1, 0.15) is 0 Å². The smallest absolute Gasteiger partial charge is 0.353 e. The first-order chi connectivity index (χ1) is 9.19. The standard InChI is InChI=1S/C13H24F3N3O/c1-10(2)17-12(20)11(3)19-8-6-18(7-9-19)5-4-13(14,15)16/h10-11H,4-9H2,1-3H3,(H,17,20). The van der Waals surface area contributed by atoms with Gasteiger partial charge in [0, 0.05) is 38.8 Å². The fourth-order valence-corrected chi connectivity index (χ4v) is 2.23. The molecule has 0 aromatic carbocycles. The molecule has 1 unspecified atom stereocenters. The molecule has 1 aliphatic heterocycles. The molecule has 4 nitrogen and oxygen atoms in total. The summed E-state index contributed by atoms with van der Waals surface area (Å²) in [6.45, 7) is 8.10. The van der Waals surface area contributed by atoms with Gasteiger partial charge in [-0.05, 0) is 20.8 Å². The average Bonchev–Trinajstić information content (AvgIpc) is 2.34. The molecule has 0 aromatic heterocycles. The van der Waals surface area contributed by atoms with Crippen LogP contribution < -0.4 is 5.32 Å². The van der Waals surface area contributed by atoms with Crippen molar-refractivity contribution < 1.29 is 18.0 Å². The van der Waals surface area contributed by atoms with E-state index in [-0.39, 0.29) is 24.5 Å². The Morgan fingerprint density at radius 3 is 2.15 bits per heavy atom. The zero-order valence-electron chi connectivity index (χ0n) is 12.3. The van der Waals surface area contributed by atoms with Crippen molar-refractivity contribution in [2.45, 2.75) is 45.5 Å². The molecule has 1 heterocycles. The van der Waals surface area contributed by atoms with Gasteiger partial charge < -0.3 is 10.2 Å². The maximum Gasteiger partial charge on any atom is 0.390 e. The minimum Gasteiger partial charge on any atom is -0.353 e. The predicted molar refractivity (Wildman–Crippen MR) is 71.4 cm³/mol. The number of hydrogen-bond donors (Lipinski definition) is 1. The Bertz CT molecular complexity index is 312. The van der Waals surface area contributed by atoms with Crippen LogP contribution in [-0.4, -0.2) is 66.7 Å². The van der Waals surface area contributed by atoms with Crippen LogP contribution in [0.1, 0.15) is 27.2 Å². The lowest BCUT2D eigenvalue weighted by Crippen LogP contribution is -2.54. The first-order valence-corrected chi connectivity index (χ1v) is 7.02. The Hall–Kier alpha value is -0.820. The highest BCUT2D eigenvalue weighted by atomic mass is 19.4. The lowest BCUT2D eigenvalue weighted by atomic mass is 10.2. The van der Waals surface area contributed by atoms with Gasteiger partial charge in [-0.2, -0.15) is 13.2 Å². The third kappa shape index (κ3) is 6.09. The van der Waals surface area contributed by atoms with E-state index in [9.17, 15) is 18.0 Å². The van der Waals surface area contributed by atoms with Crippen molar-refractivity contribution in [3.63, 3.8) is 0 Å². The Labute approximate surface area is 118 Å². The number of carbonyl (C=O) groups excluding carboxylic acids is 1. The average molecular weight is 295 g/mol. The largest absolute Gasteiger partial charge is 0.390 e. The summed E-state index contributed by atoms with van der Waals surface area (Å²) in [5.41, 5.74) is 0. The van der Waals surface area contributed by atoms with Crippen LogP contribution in [0.4, 0.5) is 13.2 Å². The maximum absolute atomic E-state index is 12.2. The second-order valence-electron chi connectivity index (χ2n) is 5.58. The fraction of sp³-hybridized carbons (Fsp3) is 0.923. The summed E-state index contributed by atoms with van der Waals surface area (Å²) in [5, 5.41) is 2.85. The topological polar surface area (TPSA) is 35.6 Å². The first-order valence-electron chi connectivity index (χ1n) is 7.02. The van der Waals surface area contributed by atoms with Crippen LogP contribution >= 0.6 is 0 Å². The number of amides is 1. The van der Waals surface area contributed by atoms with Gasteiger partial charge in [-0.1, -0.05) is 0 Å². The zero-order chi connectivity index (χ0) is 15.3. The Balaban J connectivity index is 2.32. The molecule has 0 aromatic rings. The summed E-state index contributed by atoms with van der Waals surface area (Å²) in [7, 11) is 0. The maximum atomic E-state index is 12.2. The van der Waals surface area contributed by atoms with Crippen molar-refractivity contribution in [2.75, 3.05) is 32.7 Å². The molecule has 1 fully saturated rings. The molecule has 1 amide bonds. The van der Waals surface area contributed by atoms with Gasteiger partial charge in [0.2, 0.25) is 5.91 Å². The molecule has 1 aliphatic rings. The molecular weight excluding hydrogens is 271 g/mol. The van der Waals surface area contributed by atoms with E-state index >= 15 is 0 Å². The second-order valence-corrected chi connectivity index (χ2v) is 5.58. The monoisotopic (exact) mass is 295 g/mol. The molecule has 7 heteroatoms. The van der Waals surface area contributed by atoms with Gasteiger partial charge in [0.05, 0.1) is 12.5 Å². The number of carbonyl (C=O) groups is 1. The third-order valence-electron chi connectivity index (χ3n) is 3.48. The van der Waals surface area contributed by atoms with Gasteiger partial charge in [-0.15, -0.1) is 0 Å². The van der Waals surface area contributed by atoms with Crippen LogP contribution in [0.2, 0.25) is 0 Å². The zero-order valence-corrected chi connectivity index (χ0v) is 12.3. The van der Waals surface area contributed by atoms with Crippen LogP contribution in [0, 0.1) is 0 Å². The summed E-state index contributed by atoms with van der Waals surface area (Å²) < 4.78 is 36.5. The van der Waals surface area contributed by atoms with Crippen molar-refractivity contribution in [1.82, 2.24) is 15.1 Å². The first kappa shape index (κ1) is 17.2.